The van der Waals surface area contributed by atoms with Gasteiger partial charge in [0.05, 0.1) is 0 Å². The average molecular weight is 228 g/mol. The second kappa shape index (κ2) is 3.82. The quantitative estimate of drug-likeness (QED) is 0.782. The molecule has 2 aliphatic heterocycles. The molecule has 1 N–H and O–H groups in total. The van der Waals surface area contributed by atoms with Crippen molar-refractivity contribution in [3.05, 3.63) is 35.4 Å². The lowest BCUT2D eigenvalue weighted by Gasteiger charge is -2.24. The highest BCUT2D eigenvalue weighted by Crippen LogP contribution is 2.31. The first-order chi connectivity index (χ1) is 8.40. The van der Waals surface area contributed by atoms with Crippen molar-refractivity contribution < 1.29 is 0 Å². The van der Waals surface area contributed by atoms with E-state index >= 15 is 0 Å². The largest absolute Gasteiger partial charge is 0.312 e. The van der Waals surface area contributed by atoms with E-state index in [-0.39, 0.29) is 0 Å². The van der Waals surface area contributed by atoms with Crippen LogP contribution in [0.15, 0.2) is 24.3 Å². The lowest BCUT2D eigenvalue weighted by molar-refractivity contribution is 0.233. The van der Waals surface area contributed by atoms with Crippen LogP contribution in [0, 0.1) is 5.92 Å². The molecule has 2 nitrogen and oxygen atoms in total. The maximum atomic E-state index is 3.65. The third-order valence-corrected chi connectivity index (χ3v) is 4.94. The number of likely N-dealkylation sites (tertiary alicyclic amines) is 1. The highest BCUT2D eigenvalue weighted by molar-refractivity contribution is 5.33. The molecule has 1 aromatic carbocycles. The smallest absolute Gasteiger partial charge is 0.0236 e. The summed E-state index contributed by atoms with van der Waals surface area (Å²) in [6, 6.07) is 10.6. The molecule has 1 aromatic rings. The third kappa shape index (κ3) is 1.62. The van der Waals surface area contributed by atoms with Crippen molar-refractivity contribution in [2.24, 2.45) is 5.92 Å². The molecule has 2 saturated heterocycles. The topological polar surface area (TPSA) is 15.3 Å². The summed E-state index contributed by atoms with van der Waals surface area (Å²) in [4.78, 5) is 2.74. The van der Waals surface area contributed by atoms with Gasteiger partial charge in [0.2, 0.25) is 0 Å². The van der Waals surface area contributed by atoms with Crippen LogP contribution in [0.25, 0.3) is 0 Å². The van der Waals surface area contributed by atoms with E-state index in [9.17, 15) is 0 Å². The Hall–Kier alpha value is -0.860. The van der Waals surface area contributed by atoms with E-state index < -0.39 is 0 Å². The highest BCUT2D eigenvalue weighted by atomic mass is 15.2. The molecule has 0 amide bonds. The molecule has 2 heteroatoms. The van der Waals surface area contributed by atoms with Gasteiger partial charge in [-0.25, -0.2) is 0 Å². The fraction of sp³-hybridized carbons (Fsp3) is 0.600. The second-order valence-corrected chi connectivity index (χ2v) is 5.89. The lowest BCUT2D eigenvalue weighted by atomic mass is 10.1. The molecule has 0 aromatic heterocycles. The van der Waals surface area contributed by atoms with E-state index in [1.807, 2.05) is 0 Å². The Balaban J connectivity index is 1.49. The number of hydrogen-bond acceptors (Lipinski definition) is 2. The molecular formula is C15H20N2. The molecule has 17 heavy (non-hydrogen) atoms. The first kappa shape index (κ1) is 10.1. The number of nitrogens with zero attached hydrogens (tertiary/aromatic N) is 1. The first-order valence-corrected chi connectivity index (χ1v) is 6.94. The monoisotopic (exact) mass is 228 g/mol. The predicted octanol–water partition coefficient (Wildman–Crippen LogP) is 1.45. The lowest BCUT2D eigenvalue weighted by Crippen LogP contribution is -2.37. The summed E-state index contributed by atoms with van der Waals surface area (Å²) in [6.45, 7) is 3.85. The molecule has 4 rings (SSSR count). The van der Waals surface area contributed by atoms with Crippen LogP contribution in [-0.4, -0.2) is 36.6 Å². The highest BCUT2D eigenvalue weighted by Gasteiger charge is 2.39. The minimum absolute atomic E-state index is 0.778. The van der Waals surface area contributed by atoms with Gasteiger partial charge in [0.15, 0.2) is 0 Å². The summed E-state index contributed by atoms with van der Waals surface area (Å²) in [5, 5.41) is 3.65. The van der Waals surface area contributed by atoms with Crippen molar-refractivity contribution in [3.63, 3.8) is 0 Å². The summed E-state index contributed by atoms with van der Waals surface area (Å²) >= 11 is 0. The van der Waals surface area contributed by atoms with Crippen LogP contribution in [-0.2, 0) is 12.8 Å². The molecule has 0 spiro atoms. The van der Waals surface area contributed by atoms with Gasteiger partial charge >= 0.3 is 0 Å². The Kier molecular flexibility index (Phi) is 2.27. The number of hydrogen-bond donors (Lipinski definition) is 1. The van der Waals surface area contributed by atoms with Gasteiger partial charge in [-0.3, -0.25) is 4.90 Å². The zero-order valence-electron chi connectivity index (χ0n) is 10.2. The molecule has 90 valence electrons. The fourth-order valence-corrected chi connectivity index (χ4v) is 3.97. The normalized spacial score (nSPS) is 32.9. The molecule has 2 fully saturated rings. The summed E-state index contributed by atoms with van der Waals surface area (Å²) in [6.07, 6.45) is 3.94. The van der Waals surface area contributed by atoms with Gasteiger partial charge in [-0.05, 0) is 42.9 Å². The summed E-state index contributed by atoms with van der Waals surface area (Å²) in [5.41, 5.74) is 3.17. The van der Waals surface area contributed by atoms with Crippen molar-refractivity contribution in [1.82, 2.24) is 10.2 Å². The van der Waals surface area contributed by atoms with Crippen LogP contribution in [0.5, 0.6) is 0 Å². The molecule has 0 radical (unpaired) electrons. The van der Waals surface area contributed by atoms with Crippen molar-refractivity contribution in [3.8, 4) is 0 Å². The Morgan fingerprint density at radius 2 is 1.82 bits per heavy atom. The van der Waals surface area contributed by atoms with Crippen LogP contribution in [0.1, 0.15) is 17.5 Å². The van der Waals surface area contributed by atoms with Gasteiger partial charge in [0.25, 0.3) is 0 Å². The first-order valence-electron chi connectivity index (χ1n) is 6.94. The minimum atomic E-state index is 0.778. The number of rotatable bonds is 1. The van der Waals surface area contributed by atoms with Gasteiger partial charge in [-0.15, -0.1) is 0 Å². The molecule has 2 unspecified atom stereocenters. The van der Waals surface area contributed by atoms with E-state index in [4.69, 9.17) is 0 Å². The molecule has 2 heterocycles. The molecule has 0 saturated carbocycles. The van der Waals surface area contributed by atoms with Gasteiger partial charge in [-0.2, -0.15) is 0 Å². The standard InChI is InChI=1S/C15H20N2/c1-2-4-12-8-14(7-11(12)3-1)17-9-13-5-6-16-15(13)10-17/h1-4,13-16H,5-10H2. The van der Waals surface area contributed by atoms with E-state index in [2.05, 4.69) is 34.5 Å². The molecular weight excluding hydrogens is 208 g/mol. The van der Waals surface area contributed by atoms with Crippen LogP contribution >= 0.6 is 0 Å². The Labute approximate surface area is 103 Å². The summed E-state index contributed by atoms with van der Waals surface area (Å²) < 4.78 is 0. The van der Waals surface area contributed by atoms with Gasteiger partial charge < -0.3 is 5.32 Å². The average Bonchev–Trinajstić information content (AvgIpc) is 3.01. The maximum absolute atomic E-state index is 3.65. The van der Waals surface area contributed by atoms with Crippen LogP contribution in [0.3, 0.4) is 0 Å². The number of nitrogens with one attached hydrogen (secondary N) is 1. The zero-order chi connectivity index (χ0) is 11.2. The molecule has 1 aliphatic carbocycles. The predicted molar refractivity (Wildman–Crippen MR) is 69.1 cm³/mol. The van der Waals surface area contributed by atoms with Crippen LogP contribution in [0.4, 0.5) is 0 Å². The van der Waals surface area contributed by atoms with E-state index in [0.29, 0.717) is 0 Å². The third-order valence-electron chi connectivity index (χ3n) is 4.94. The van der Waals surface area contributed by atoms with E-state index in [0.717, 1.165) is 18.0 Å². The molecule has 3 aliphatic rings. The van der Waals surface area contributed by atoms with Gasteiger partial charge in [0, 0.05) is 25.2 Å². The summed E-state index contributed by atoms with van der Waals surface area (Å²) in [5.74, 6) is 0.929. The van der Waals surface area contributed by atoms with Crippen molar-refractivity contribution in [2.75, 3.05) is 19.6 Å². The summed E-state index contributed by atoms with van der Waals surface area (Å²) in [7, 11) is 0. The fourth-order valence-electron chi connectivity index (χ4n) is 3.97. The van der Waals surface area contributed by atoms with Gasteiger partial charge in [0.1, 0.15) is 0 Å². The van der Waals surface area contributed by atoms with Crippen LogP contribution in [0.2, 0.25) is 0 Å². The molecule has 0 bridgehead atoms. The SMILES string of the molecule is c1ccc2c(c1)CC(N1CC3CCNC3C1)C2. The van der Waals surface area contributed by atoms with E-state index in [1.165, 1.54) is 38.9 Å². The minimum Gasteiger partial charge on any atom is -0.312 e. The van der Waals surface area contributed by atoms with Crippen molar-refractivity contribution in [1.29, 1.82) is 0 Å². The Bertz CT molecular complexity index is 392. The maximum Gasteiger partial charge on any atom is 0.0236 e. The van der Waals surface area contributed by atoms with Crippen molar-refractivity contribution >= 4 is 0 Å². The molecule has 2 atom stereocenters. The van der Waals surface area contributed by atoms with Crippen LogP contribution < -0.4 is 5.32 Å². The second-order valence-electron chi connectivity index (χ2n) is 5.89. The number of benzene rings is 1. The van der Waals surface area contributed by atoms with Crippen molar-refractivity contribution in [2.45, 2.75) is 31.3 Å². The van der Waals surface area contributed by atoms with Gasteiger partial charge in [-0.1, -0.05) is 24.3 Å². The zero-order valence-corrected chi connectivity index (χ0v) is 10.2. The Morgan fingerprint density at radius 3 is 2.53 bits per heavy atom. The van der Waals surface area contributed by atoms with E-state index in [1.54, 1.807) is 11.1 Å². The number of fused-ring (bicyclic) bond motifs is 2. The Morgan fingerprint density at radius 1 is 1.06 bits per heavy atom.